The second kappa shape index (κ2) is 14.7. The van der Waals surface area contributed by atoms with Gasteiger partial charge in [-0.25, -0.2) is 8.42 Å². The summed E-state index contributed by atoms with van der Waals surface area (Å²) >= 11 is 1.58. The van der Waals surface area contributed by atoms with E-state index in [-0.39, 0.29) is 25.1 Å². The quantitative estimate of drug-likeness (QED) is 0.0996. The highest BCUT2D eigenvalue weighted by molar-refractivity contribution is 7.85. The van der Waals surface area contributed by atoms with Crippen LogP contribution in [0.1, 0.15) is 31.2 Å². The van der Waals surface area contributed by atoms with Crippen LogP contribution in [0, 0.1) is 0 Å². The van der Waals surface area contributed by atoms with Crippen molar-refractivity contribution >= 4 is 53.6 Å². The molecule has 1 N–H and O–H groups in total. The van der Waals surface area contributed by atoms with Gasteiger partial charge in [-0.1, -0.05) is 91.1 Å². The van der Waals surface area contributed by atoms with Gasteiger partial charge in [0.15, 0.2) is 12.3 Å². The van der Waals surface area contributed by atoms with Crippen molar-refractivity contribution in [1.29, 1.82) is 0 Å². The molecule has 0 aliphatic carbocycles. The highest BCUT2D eigenvalue weighted by Gasteiger charge is 2.28. The molecule has 2 heterocycles. The number of ether oxygens (including phenoxy) is 1. The fourth-order valence-corrected chi connectivity index (χ4v) is 7.99. The molecule has 1 aliphatic heterocycles. The largest absolute Gasteiger partial charge is 0.748 e. The van der Waals surface area contributed by atoms with Crippen LogP contribution in [-0.4, -0.2) is 44.0 Å². The summed E-state index contributed by atoms with van der Waals surface area (Å²) in [4.78, 5) is 1.91. The lowest BCUT2D eigenvalue weighted by Gasteiger charge is -2.19. The number of nitrogens with zero attached hydrogens (tertiary/aromatic N) is 2. The zero-order valence-electron chi connectivity index (χ0n) is 26.9. The van der Waals surface area contributed by atoms with Gasteiger partial charge in [-0.3, -0.25) is 4.55 Å². The molecule has 49 heavy (non-hydrogen) atoms. The number of hydrogen-bond donors (Lipinski definition) is 1. The molecule has 1 aliphatic rings. The Balaban J connectivity index is 1.39. The fraction of sp³-hybridized carbons (Fsp3) is 0.216. The maximum absolute atomic E-state index is 11.6. The van der Waals surface area contributed by atoms with Gasteiger partial charge in [-0.15, -0.1) is 0 Å². The number of rotatable bonds is 13. The van der Waals surface area contributed by atoms with E-state index in [1.165, 1.54) is 0 Å². The molecular weight excluding hydrogens is 681 g/mol. The van der Waals surface area contributed by atoms with Gasteiger partial charge in [0.25, 0.3) is 15.1 Å². The predicted octanol–water partition coefficient (Wildman–Crippen LogP) is 7.27. The molecular formula is C37H36N2O7S3. The molecule has 12 heteroatoms. The average molecular weight is 717 g/mol. The molecule has 0 saturated carbocycles. The second-order valence-corrected chi connectivity index (χ2v) is 15.9. The van der Waals surface area contributed by atoms with Crippen molar-refractivity contribution in [3.8, 4) is 28.0 Å². The van der Waals surface area contributed by atoms with Crippen molar-refractivity contribution in [3.05, 3.63) is 120 Å². The number of hydrogen-bond acceptors (Lipinski definition) is 8. The maximum Gasteiger partial charge on any atom is 0.265 e. The van der Waals surface area contributed by atoms with Crippen LogP contribution in [0.25, 0.3) is 38.5 Å². The van der Waals surface area contributed by atoms with E-state index in [2.05, 4.69) is 28.8 Å². The van der Waals surface area contributed by atoms with Gasteiger partial charge >= 0.3 is 0 Å². The maximum atomic E-state index is 11.6. The molecule has 0 amide bonds. The van der Waals surface area contributed by atoms with Crippen molar-refractivity contribution in [3.63, 3.8) is 0 Å². The summed E-state index contributed by atoms with van der Waals surface area (Å²) in [5, 5.41) is 0.898. The number of allylic oxidation sites excluding steroid dienone is 2. The number of thiazole rings is 1. The first kappa shape index (κ1) is 34.5. The molecule has 0 atom stereocenters. The zero-order valence-corrected chi connectivity index (χ0v) is 29.3. The fourth-order valence-electron chi connectivity index (χ4n) is 5.87. The lowest BCUT2D eigenvalue weighted by molar-refractivity contribution is -0.668. The first-order valence-corrected chi connectivity index (χ1v) is 20.0. The molecule has 0 fully saturated rings. The molecule has 0 unspecified atom stereocenters. The number of benzene rings is 4. The lowest BCUT2D eigenvalue weighted by atomic mass is 10.0. The van der Waals surface area contributed by atoms with Gasteiger partial charge in [0, 0.05) is 36.9 Å². The summed E-state index contributed by atoms with van der Waals surface area (Å²) in [7, 11) is -8.51. The van der Waals surface area contributed by atoms with E-state index >= 15 is 0 Å². The van der Waals surface area contributed by atoms with E-state index in [0.29, 0.717) is 24.6 Å². The van der Waals surface area contributed by atoms with Gasteiger partial charge in [0.05, 0.1) is 21.6 Å². The highest BCUT2D eigenvalue weighted by Crippen LogP contribution is 2.42. The van der Waals surface area contributed by atoms with Gasteiger partial charge in [0.1, 0.15) is 4.70 Å². The minimum Gasteiger partial charge on any atom is -0.748 e. The van der Waals surface area contributed by atoms with Crippen LogP contribution in [0.2, 0.25) is 0 Å². The Hall–Kier alpha value is -4.33. The third-order valence-corrected chi connectivity index (χ3v) is 11.0. The number of fused-ring (bicyclic) bond motifs is 2. The van der Waals surface area contributed by atoms with Gasteiger partial charge in [-0.05, 0) is 58.9 Å². The molecule has 0 saturated heterocycles. The molecule has 254 valence electrons. The normalized spacial score (nSPS) is 14.4. The molecule has 4 aromatic carbocycles. The summed E-state index contributed by atoms with van der Waals surface area (Å²) in [6.07, 6.45) is 4.97. The van der Waals surface area contributed by atoms with Gasteiger partial charge < -0.3 is 14.2 Å². The SMILES string of the molecule is CCC(/C=C1\Oc2ccc(-c3ccccc3)cc2N1CCCS(=O)(=O)[O-])=C\c1sc2ccc(-c3ccccc3)cc2[n+]1CCCS(=O)(=O)O. The summed E-state index contributed by atoms with van der Waals surface area (Å²) in [5.41, 5.74) is 6.75. The van der Waals surface area contributed by atoms with E-state index in [1.54, 1.807) is 11.3 Å². The monoisotopic (exact) mass is 716 g/mol. The van der Waals surface area contributed by atoms with Crippen LogP contribution in [-0.2, 0) is 26.8 Å². The smallest absolute Gasteiger partial charge is 0.265 e. The molecule has 0 spiro atoms. The third kappa shape index (κ3) is 8.64. The van der Waals surface area contributed by atoms with Crippen molar-refractivity contribution < 1.29 is 35.2 Å². The van der Waals surface area contributed by atoms with Crippen LogP contribution in [0.3, 0.4) is 0 Å². The van der Waals surface area contributed by atoms with Crippen molar-refractivity contribution in [2.24, 2.45) is 0 Å². The Kier molecular flexibility index (Phi) is 10.3. The van der Waals surface area contributed by atoms with Crippen LogP contribution >= 0.6 is 11.3 Å². The lowest BCUT2D eigenvalue weighted by Crippen LogP contribution is -2.36. The van der Waals surface area contributed by atoms with E-state index < -0.39 is 26.0 Å². The van der Waals surface area contributed by atoms with Crippen molar-refractivity contribution in [2.45, 2.75) is 32.7 Å². The Morgan fingerprint density at radius 2 is 1.51 bits per heavy atom. The van der Waals surface area contributed by atoms with Crippen molar-refractivity contribution in [1.82, 2.24) is 0 Å². The van der Waals surface area contributed by atoms with E-state index in [4.69, 9.17) is 4.74 Å². The number of anilines is 1. The standard InChI is InChI=1S/C37H36N2O7S3/c1-2-27(23-36-38(19-9-21-48(40,41)42)32-25-30(15-17-34(32)46-36)28-11-5-3-6-12-28)24-37-39(20-10-22-49(43,44)45)33-26-31(16-18-35(33)47-37)29-13-7-4-8-14-29/h3-8,11-18,23-26H,2,9-10,19-22H2,1H3,(H-,40,41,42,43,44,45). The van der Waals surface area contributed by atoms with Crippen LogP contribution < -0.4 is 14.2 Å². The van der Waals surface area contributed by atoms with Crippen LogP contribution in [0.5, 0.6) is 5.75 Å². The number of aryl methyl sites for hydroxylation is 1. The third-order valence-electron chi connectivity index (χ3n) is 8.26. The minimum absolute atomic E-state index is 0.126. The Labute approximate surface area is 290 Å². The van der Waals surface area contributed by atoms with E-state index in [1.807, 2.05) is 96.8 Å². The minimum atomic E-state index is -4.39. The first-order chi connectivity index (χ1) is 23.5. The molecule has 0 bridgehead atoms. The average Bonchev–Trinajstić information content (AvgIpc) is 3.60. The Morgan fingerprint density at radius 3 is 2.14 bits per heavy atom. The molecule has 6 rings (SSSR count). The molecule has 1 aromatic heterocycles. The molecule has 5 aromatic rings. The Morgan fingerprint density at radius 1 is 0.857 bits per heavy atom. The summed E-state index contributed by atoms with van der Waals surface area (Å²) in [5.74, 6) is 0.301. The summed E-state index contributed by atoms with van der Waals surface area (Å²) in [6, 6.07) is 32.0. The van der Waals surface area contributed by atoms with E-state index in [0.717, 1.165) is 48.7 Å². The van der Waals surface area contributed by atoms with E-state index in [9.17, 15) is 25.9 Å². The first-order valence-electron chi connectivity index (χ1n) is 15.9. The zero-order chi connectivity index (χ0) is 34.6. The summed E-state index contributed by atoms with van der Waals surface area (Å²) in [6.45, 7) is 2.66. The molecule has 9 nitrogen and oxygen atoms in total. The number of aromatic nitrogens is 1. The Bertz CT molecular complexity index is 2250. The van der Waals surface area contributed by atoms with Gasteiger partial charge in [-0.2, -0.15) is 13.0 Å². The van der Waals surface area contributed by atoms with Gasteiger partial charge in [0.2, 0.25) is 11.4 Å². The predicted molar refractivity (Wildman–Crippen MR) is 194 cm³/mol. The highest BCUT2D eigenvalue weighted by atomic mass is 32.2. The van der Waals surface area contributed by atoms with Crippen molar-refractivity contribution in [2.75, 3.05) is 23.0 Å². The molecule has 0 radical (unpaired) electrons. The van der Waals surface area contributed by atoms with Crippen LogP contribution in [0.15, 0.2) is 115 Å². The topological polar surface area (TPSA) is 128 Å². The van der Waals surface area contributed by atoms with Crippen LogP contribution in [0.4, 0.5) is 5.69 Å². The second-order valence-electron chi connectivity index (χ2n) is 11.8. The summed E-state index contributed by atoms with van der Waals surface area (Å²) < 4.78 is 76.4.